The molecule has 0 spiro atoms. The first kappa shape index (κ1) is 23.6. The number of nitrogen functional groups attached to an aromatic ring is 1. The molecule has 0 bridgehead atoms. The summed E-state index contributed by atoms with van der Waals surface area (Å²) in [5.41, 5.74) is 9.85. The number of nitrogens with zero attached hydrogens (tertiary/aromatic N) is 4. The van der Waals surface area contributed by atoms with Crippen LogP contribution in [0.5, 0.6) is 0 Å². The lowest BCUT2D eigenvalue weighted by Crippen LogP contribution is -2.13. The Morgan fingerprint density at radius 3 is 2.33 bits per heavy atom. The molecule has 2 aromatic heterocycles. The van der Waals surface area contributed by atoms with E-state index in [2.05, 4.69) is 21.7 Å². The van der Waals surface area contributed by atoms with Crippen molar-refractivity contribution in [2.24, 2.45) is 0 Å². The molecular weight excluding hydrogens is 513 g/mol. The van der Waals surface area contributed by atoms with Crippen molar-refractivity contribution in [2.45, 2.75) is 0 Å². The van der Waals surface area contributed by atoms with Crippen LogP contribution < -0.4 is 16.4 Å². The lowest BCUT2D eigenvalue weighted by molar-refractivity contribution is 0.950. The van der Waals surface area contributed by atoms with E-state index in [1.54, 1.807) is 28.8 Å². The lowest BCUT2D eigenvalue weighted by atomic mass is 10.1. The second-order valence-electron chi connectivity index (χ2n) is 7.72. The van der Waals surface area contributed by atoms with Crippen LogP contribution in [0.25, 0.3) is 16.9 Å². The zero-order chi connectivity index (χ0) is 25.2. The van der Waals surface area contributed by atoms with E-state index in [-0.39, 0.29) is 11.4 Å². The number of hydrogen-bond donors (Lipinski definition) is 3. The SMILES string of the molecule is N#Cc1c(N)nc2c(C(=S)Nc3ccc(Cl)cc3)c(Nc3ccccc3)nn2c1-c1ccccc1Cl. The Morgan fingerprint density at radius 2 is 1.64 bits per heavy atom. The zero-order valence-electron chi connectivity index (χ0n) is 18.5. The number of para-hydroxylation sites is 1. The van der Waals surface area contributed by atoms with Crippen molar-refractivity contribution < 1.29 is 0 Å². The number of aromatic nitrogens is 3. The van der Waals surface area contributed by atoms with E-state index < -0.39 is 0 Å². The van der Waals surface area contributed by atoms with E-state index in [1.807, 2.05) is 54.6 Å². The molecule has 0 atom stereocenters. The molecule has 4 N–H and O–H groups in total. The smallest absolute Gasteiger partial charge is 0.170 e. The lowest BCUT2D eigenvalue weighted by Gasteiger charge is -2.12. The third-order valence-electron chi connectivity index (χ3n) is 5.40. The van der Waals surface area contributed by atoms with Crippen LogP contribution in [0.1, 0.15) is 11.1 Å². The molecule has 5 rings (SSSR count). The Balaban J connectivity index is 1.76. The molecule has 0 amide bonds. The number of nitrogens with one attached hydrogen (secondary N) is 2. The minimum atomic E-state index is 0.0432. The van der Waals surface area contributed by atoms with Gasteiger partial charge in [-0.3, -0.25) is 0 Å². The first-order valence-electron chi connectivity index (χ1n) is 10.7. The molecular formula is C26H17Cl2N7S. The van der Waals surface area contributed by atoms with E-state index in [1.165, 1.54) is 0 Å². The molecule has 2 heterocycles. The monoisotopic (exact) mass is 529 g/mol. The van der Waals surface area contributed by atoms with Crippen LogP contribution >= 0.6 is 35.4 Å². The van der Waals surface area contributed by atoms with Gasteiger partial charge in [-0.15, -0.1) is 5.10 Å². The van der Waals surface area contributed by atoms with Crippen molar-refractivity contribution in [1.82, 2.24) is 14.6 Å². The third-order valence-corrected chi connectivity index (χ3v) is 6.29. The van der Waals surface area contributed by atoms with Gasteiger partial charge in [0, 0.05) is 22.0 Å². The number of halogens is 2. The molecule has 7 nitrogen and oxygen atoms in total. The fourth-order valence-corrected chi connectivity index (χ4v) is 4.42. The average Bonchev–Trinajstić information content (AvgIpc) is 3.23. The van der Waals surface area contributed by atoms with E-state index in [0.29, 0.717) is 43.3 Å². The van der Waals surface area contributed by atoms with Gasteiger partial charge in [0.15, 0.2) is 11.5 Å². The second kappa shape index (κ2) is 9.84. The zero-order valence-corrected chi connectivity index (χ0v) is 20.9. The summed E-state index contributed by atoms with van der Waals surface area (Å²) < 4.78 is 1.55. The van der Waals surface area contributed by atoms with Crippen LogP contribution in [0.4, 0.5) is 23.0 Å². The van der Waals surface area contributed by atoms with Gasteiger partial charge in [-0.2, -0.15) is 5.26 Å². The summed E-state index contributed by atoms with van der Waals surface area (Å²) in [6.45, 7) is 0. The maximum absolute atomic E-state index is 9.93. The Labute approximate surface area is 222 Å². The first-order chi connectivity index (χ1) is 17.5. The van der Waals surface area contributed by atoms with Crippen molar-refractivity contribution in [3.05, 3.63) is 100 Å². The summed E-state index contributed by atoms with van der Waals surface area (Å²) in [5.74, 6) is 0.476. The molecule has 3 aromatic carbocycles. The summed E-state index contributed by atoms with van der Waals surface area (Å²) in [7, 11) is 0. The molecule has 0 aliphatic rings. The largest absolute Gasteiger partial charge is 0.382 e. The fraction of sp³-hybridized carbons (Fsp3) is 0. The third kappa shape index (κ3) is 4.43. The van der Waals surface area contributed by atoms with Gasteiger partial charge in [0.1, 0.15) is 22.4 Å². The average molecular weight is 530 g/mol. The maximum Gasteiger partial charge on any atom is 0.170 e. The molecule has 0 unspecified atom stereocenters. The van der Waals surface area contributed by atoms with Crippen LogP contribution in [-0.4, -0.2) is 19.6 Å². The first-order valence-corrected chi connectivity index (χ1v) is 11.9. The summed E-state index contributed by atoms with van der Waals surface area (Å²) >= 11 is 18.4. The number of rotatable bonds is 5. The quantitative estimate of drug-likeness (QED) is 0.218. The summed E-state index contributed by atoms with van der Waals surface area (Å²) in [4.78, 5) is 4.88. The van der Waals surface area contributed by atoms with Crippen molar-refractivity contribution in [3.63, 3.8) is 0 Å². The van der Waals surface area contributed by atoms with Gasteiger partial charge >= 0.3 is 0 Å². The molecule has 0 saturated heterocycles. The highest BCUT2D eigenvalue weighted by atomic mass is 35.5. The van der Waals surface area contributed by atoms with Gasteiger partial charge in [-0.05, 0) is 42.5 Å². The number of fused-ring (bicyclic) bond motifs is 1. The number of anilines is 4. The van der Waals surface area contributed by atoms with Crippen molar-refractivity contribution in [1.29, 1.82) is 5.26 Å². The molecule has 36 heavy (non-hydrogen) atoms. The highest BCUT2D eigenvalue weighted by Gasteiger charge is 2.25. The predicted octanol–water partition coefficient (Wildman–Crippen LogP) is 6.69. The number of nitriles is 1. The van der Waals surface area contributed by atoms with E-state index in [9.17, 15) is 5.26 Å². The number of hydrogen-bond acceptors (Lipinski definition) is 6. The predicted molar refractivity (Wildman–Crippen MR) is 149 cm³/mol. The molecule has 10 heteroatoms. The molecule has 0 aliphatic heterocycles. The standard InChI is InChI=1S/C26H17Cl2N7S/c27-15-10-12-17(13-11-15)32-26(36)21-24(31-16-6-2-1-3-7-16)34-35-22(18-8-4-5-9-20(18)28)19(14-29)23(30)33-25(21)35/h1-13H,(H2,30,33)(H,31,34)(H,32,36). The van der Waals surface area contributed by atoms with Crippen LogP contribution in [0.2, 0.25) is 10.0 Å². The molecule has 0 radical (unpaired) electrons. The van der Waals surface area contributed by atoms with Gasteiger partial charge in [0.05, 0.1) is 16.3 Å². The normalized spacial score (nSPS) is 10.7. The second-order valence-corrected chi connectivity index (χ2v) is 8.98. The number of benzene rings is 3. The Hall–Kier alpha value is -4.16. The minimum absolute atomic E-state index is 0.0432. The summed E-state index contributed by atoms with van der Waals surface area (Å²) in [5, 5.41) is 22.3. The van der Waals surface area contributed by atoms with Crippen LogP contribution in [0, 0.1) is 11.3 Å². The van der Waals surface area contributed by atoms with E-state index in [0.717, 1.165) is 11.4 Å². The Bertz CT molecular complexity index is 1640. The Morgan fingerprint density at radius 1 is 0.944 bits per heavy atom. The topological polar surface area (TPSA) is 104 Å². The number of nitrogens with two attached hydrogens (primary N) is 1. The van der Waals surface area contributed by atoms with Crippen LogP contribution in [0.3, 0.4) is 0 Å². The van der Waals surface area contributed by atoms with Gasteiger partial charge in [-0.25, -0.2) is 9.50 Å². The summed E-state index contributed by atoms with van der Waals surface area (Å²) in [6.07, 6.45) is 0. The van der Waals surface area contributed by atoms with Crippen molar-refractivity contribution in [3.8, 4) is 17.3 Å². The van der Waals surface area contributed by atoms with Crippen molar-refractivity contribution in [2.75, 3.05) is 16.4 Å². The Kier molecular flexibility index (Phi) is 6.44. The van der Waals surface area contributed by atoms with Gasteiger partial charge in [0.25, 0.3) is 0 Å². The minimum Gasteiger partial charge on any atom is -0.382 e. The summed E-state index contributed by atoms with van der Waals surface area (Å²) in [6, 6.07) is 26.0. The van der Waals surface area contributed by atoms with E-state index >= 15 is 0 Å². The van der Waals surface area contributed by atoms with Gasteiger partial charge in [-0.1, -0.05) is 71.8 Å². The number of thiocarbonyl (C=S) groups is 1. The maximum atomic E-state index is 9.93. The van der Waals surface area contributed by atoms with E-state index in [4.69, 9.17) is 46.3 Å². The fourth-order valence-electron chi connectivity index (χ4n) is 3.76. The van der Waals surface area contributed by atoms with Crippen molar-refractivity contribution >= 4 is 69.1 Å². The molecule has 0 saturated carbocycles. The van der Waals surface area contributed by atoms with Crippen LogP contribution in [-0.2, 0) is 0 Å². The highest BCUT2D eigenvalue weighted by molar-refractivity contribution is 7.81. The van der Waals surface area contributed by atoms with Crippen LogP contribution in [0.15, 0.2) is 78.9 Å². The highest BCUT2D eigenvalue weighted by Crippen LogP contribution is 2.35. The van der Waals surface area contributed by atoms with Gasteiger partial charge in [0.2, 0.25) is 0 Å². The molecule has 0 fully saturated rings. The molecule has 5 aromatic rings. The molecule has 176 valence electrons. The van der Waals surface area contributed by atoms with Gasteiger partial charge < -0.3 is 16.4 Å². The molecule has 0 aliphatic carbocycles.